The van der Waals surface area contributed by atoms with Crippen molar-refractivity contribution in [3.63, 3.8) is 0 Å². The first kappa shape index (κ1) is 21.0. The Bertz CT molecular complexity index is 1160. The quantitative estimate of drug-likeness (QED) is 0.538. The van der Waals surface area contributed by atoms with Crippen molar-refractivity contribution in [1.82, 2.24) is 4.57 Å². The first-order valence-corrected chi connectivity index (χ1v) is 11.9. The molecule has 3 heterocycles. The van der Waals surface area contributed by atoms with Gasteiger partial charge in [-0.2, -0.15) is 0 Å². The summed E-state index contributed by atoms with van der Waals surface area (Å²) < 4.78 is 14.7. The summed E-state index contributed by atoms with van der Waals surface area (Å²) in [5.41, 5.74) is 8.76. The van der Waals surface area contributed by atoms with Crippen LogP contribution in [-0.2, 0) is 30.7 Å². The van der Waals surface area contributed by atoms with E-state index in [4.69, 9.17) is 14.5 Å². The highest BCUT2D eigenvalue weighted by molar-refractivity contribution is 5.71. The van der Waals surface area contributed by atoms with Gasteiger partial charge >= 0.3 is 0 Å². The van der Waals surface area contributed by atoms with Crippen molar-refractivity contribution in [3.05, 3.63) is 82.3 Å². The fourth-order valence-corrected chi connectivity index (χ4v) is 4.92. The van der Waals surface area contributed by atoms with Gasteiger partial charge in [0.15, 0.2) is 0 Å². The second-order valence-electron chi connectivity index (χ2n) is 8.86. The van der Waals surface area contributed by atoms with Crippen LogP contribution in [0.4, 0.5) is 0 Å². The van der Waals surface area contributed by atoms with Crippen molar-refractivity contribution >= 4 is 0 Å². The summed E-state index contributed by atoms with van der Waals surface area (Å²) in [7, 11) is 0. The van der Waals surface area contributed by atoms with Crippen molar-refractivity contribution in [3.8, 4) is 17.0 Å². The normalized spacial score (nSPS) is 17.8. The van der Waals surface area contributed by atoms with E-state index in [0.717, 1.165) is 50.1 Å². The van der Waals surface area contributed by atoms with E-state index in [0.29, 0.717) is 13.2 Å². The Hall–Kier alpha value is -2.85. The zero-order chi connectivity index (χ0) is 21.9. The number of ether oxygens (including phenoxy) is 2. The average Bonchev–Trinajstić information content (AvgIpc) is 3.35. The molecule has 32 heavy (non-hydrogen) atoms. The van der Waals surface area contributed by atoms with Crippen LogP contribution in [0.5, 0.6) is 5.75 Å². The van der Waals surface area contributed by atoms with Gasteiger partial charge in [-0.3, -0.25) is 4.99 Å². The fraction of sp³-hybridized carbons (Fsp3) is 0.393. The number of aryl methyl sites for hydroxylation is 2. The Balaban J connectivity index is 1.61. The molecule has 0 spiro atoms. The van der Waals surface area contributed by atoms with Crippen LogP contribution in [0.1, 0.15) is 42.0 Å². The van der Waals surface area contributed by atoms with Gasteiger partial charge in [-0.1, -0.05) is 61.0 Å². The van der Waals surface area contributed by atoms with E-state index < -0.39 is 0 Å². The van der Waals surface area contributed by atoms with E-state index in [-0.39, 0.29) is 6.10 Å². The maximum Gasteiger partial charge on any atom is 0.131 e. The third-order valence-electron chi connectivity index (χ3n) is 6.58. The first-order chi connectivity index (χ1) is 15.7. The molecule has 3 aromatic rings. The smallest absolute Gasteiger partial charge is 0.131 e. The SMILES string of the molecule is CCc1c(OCc2ccccc2)cc(=NCC2CCCO2)n2c1-c1ccc(C)cc1CC2. The van der Waals surface area contributed by atoms with Gasteiger partial charge in [-0.25, -0.2) is 0 Å². The van der Waals surface area contributed by atoms with Crippen molar-refractivity contribution in [1.29, 1.82) is 0 Å². The molecule has 0 aliphatic carbocycles. The summed E-state index contributed by atoms with van der Waals surface area (Å²) in [4.78, 5) is 5.04. The molecule has 1 aromatic heterocycles. The van der Waals surface area contributed by atoms with E-state index in [1.54, 1.807) is 0 Å². The highest BCUT2D eigenvalue weighted by atomic mass is 16.5. The topological polar surface area (TPSA) is 35.8 Å². The van der Waals surface area contributed by atoms with Crippen molar-refractivity contribution in [2.45, 2.75) is 58.8 Å². The second kappa shape index (κ2) is 9.33. The highest BCUT2D eigenvalue weighted by Gasteiger charge is 2.23. The van der Waals surface area contributed by atoms with Gasteiger partial charge in [-0.15, -0.1) is 0 Å². The maximum absolute atomic E-state index is 6.43. The van der Waals surface area contributed by atoms with Crippen LogP contribution in [-0.4, -0.2) is 23.8 Å². The second-order valence-corrected chi connectivity index (χ2v) is 8.86. The number of hydrogen-bond donors (Lipinski definition) is 0. The van der Waals surface area contributed by atoms with Gasteiger partial charge in [0.2, 0.25) is 0 Å². The van der Waals surface area contributed by atoms with E-state index in [1.807, 2.05) is 6.07 Å². The number of rotatable bonds is 6. The fourth-order valence-electron chi connectivity index (χ4n) is 4.92. The van der Waals surface area contributed by atoms with Gasteiger partial charge in [-0.05, 0) is 43.7 Å². The largest absolute Gasteiger partial charge is 0.488 e. The van der Waals surface area contributed by atoms with Crippen LogP contribution in [0.25, 0.3) is 11.3 Å². The molecule has 2 aromatic carbocycles. The number of pyridine rings is 1. The minimum absolute atomic E-state index is 0.240. The van der Waals surface area contributed by atoms with Gasteiger partial charge in [0.05, 0.1) is 18.3 Å². The molecule has 0 N–H and O–H groups in total. The van der Waals surface area contributed by atoms with E-state index in [2.05, 4.69) is 66.9 Å². The van der Waals surface area contributed by atoms with Gasteiger partial charge in [0.1, 0.15) is 17.8 Å². The van der Waals surface area contributed by atoms with Crippen molar-refractivity contribution in [2.75, 3.05) is 13.2 Å². The molecule has 4 heteroatoms. The maximum atomic E-state index is 6.43. The molecular formula is C28H32N2O2. The molecule has 1 unspecified atom stereocenters. The summed E-state index contributed by atoms with van der Waals surface area (Å²) in [6, 6.07) is 19.4. The monoisotopic (exact) mass is 428 g/mol. The van der Waals surface area contributed by atoms with E-state index >= 15 is 0 Å². The summed E-state index contributed by atoms with van der Waals surface area (Å²) in [5.74, 6) is 0.946. The zero-order valence-electron chi connectivity index (χ0n) is 19.1. The minimum atomic E-state index is 0.240. The number of hydrogen-bond acceptors (Lipinski definition) is 3. The minimum Gasteiger partial charge on any atom is -0.488 e. The Morgan fingerprint density at radius 3 is 2.78 bits per heavy atom. The molecule has 0 saturated carbocycles. The summed E-state index contributed by atoms with van der Waals surface area (Å²) in [6.07, 6.45) is 4.43. The molecule has 1 fully saturated rings. The predicted octanol–water partition coefficient (Wildman–Crippen LogP) is 5.24. The summed E-state index contributed by atoms with van der Waals surface area (Å²) in [6.45, 7) is 7.47. The Labute approximate surface area is 190 Å². The lowest BCUT2D eigenvalue weighted by Gasteiger charge is -2.27. The van der Waals surface area contributed by atoms with Gasteiger partial charge < -0.3 is 14.0 Å². The predicted molar refractivity (Wildman–Crippen MR) is 128 cm³/mol. The summed E-state index contributed by atoms with van der Waals surface area (Å²) in [5, 5.41) is 0. The molecule has 0 amide bonds. The lowest BCUT2D eigenvalue weighted by molar-refractivity contribution is 0.117. The molecule has 1 atom stereocenters. The number of fused-ring (bicyclic) bond motifs is 3. The van der Waals surface area contributed by atoms with Crippen LogP contribution in [0.3, 0.4) is 0 Å². The molecule has 0 radical (unpaired) electrons. The Morgan fingerprint density at radius 2 is 2.00 bits per heavy atom. The molecule has 166 valence electrons. The van der Waals surface area contributed by atoms with E-state index in [9.17, 15) is 0 Å². The number of benzene rings is 2. The molecule has 0 bridgehead atoms. The molecule has 1 saturated heterocycles. The van der Waals surface area contributed by atoms with Crippen molar-refractivity contribution < 1.29 is 9.47 Å². The molecule has 2 aliphatic rings. The highest BCUT2D eigenvalue weighted by Crippen LogP contribution is 2.36. The standard InChI is InChI=1S/C28H32N2O2/c1-3-24-26(32-19-21-8-5-4-6-9-21)17-27(29-18-23-10-7-15-31-23)30-14-13-22-16-20(2)11-12-25(22)28(24)30/h4-6,8-9,11-12,16-17,23H,3,7,10,13-15,18-19H2,1-2H3. The lowest BCUT2D eigenvalue weighted by atomic mass is 9.92. The van der Waals surface area contributed by atoms with Gasteiger partial charge in [0, 0.05) is 30.3 Å². The summed E-state index contributed by atoms with van der Waals surface area (Å²) >= 11 is 0. The number of nitrogens with zero attached hydrogens (tertiary/aromatic N) is 2. The molecule has 2 aliphatic heterocycles. The van der Waals surface area contributed by atoms with Gasteiger partial charge in [0.25, 0.3) is 0 Å². The molecule has 4 nitrogen and oxygen atoms in total. The van der Waals surface area contributed by atoms with Crippen LogP contribution in [0.2, 0.25) is 0 Å². The Morgan fingerprint density at radius 1 is 1.12 bits per heavy atom. The van der Waals surface area contributed by atoms with E-state index in [1.165, 1.54) is 33.5 Å². The zero-order valence-corrected chi connectivity index (χ0v) is 19.1. The first-order valence-electron chi connectivity index (χ1n) is 11.9. The third-order valence-corrected chi connectivity index (χ3v) is 6.58. The van der Waals surface area contributed by atoms with Crippen LogP contribution in [0.15, 0.2) is 59.6 Å². The number of aromatic nitrogens is 1. The molecule has 5 rings (SSSR count). The average molecular weight is 429 g/mol. The molecular weight excluding hydrogens is 396 g/mol. The van der Waals surface area contributed by atoms with Crippen LogP contribution in [0, 0.1) is 6.92 Å². The van der Waals surface area contributed by atoms with Crippen LogP contribution >= 0.6 is 0 Å². The van der Waals surface area contributed by atoms with Crippen LogP contribution < -0.4 is 10.2 Å². The Kier molecular flexibility index (Phi) is 6.13. The third kappa shape index (κ3) is 4.24. The lowest BCUT2D eigenvalue weighted by Crippen LogP contribution is -2.29. The van der Waals surface area contributed by atoms with Crippen molar-refractivity contribution in [2.24, 2.45) is 4.99 Å².